The van der Waals surface area contributed by atoms with E-state index in [2.05, 4.69) is 31.0 Å². The van der Waals surface area contributed by atoms with Gasteiger partial charge >= 0.3 is 0 Å². The number of piperidine rings is 1. The van der Waals surface area contributed by atoms with E-state index in [1.54, 1.807) is 0 Å². The topological polar surface area (TPSA) is 15.3 Å². The van der Waals surface area contributed by atoms with E-state index in [0.29, 0.717) is 0 Å². The lowest BCUT2D eigenvalue weighted by Crippen LogP contribution is -2.42. The third-order valence-corrected chi connectivity index (χ3v) is 2.98. The average Bonchev–Trinajstić information content (AvgIpc) is 2.11. The Hall–Kier alpha value is -0.0800. The van der Waals surface area contributed by atoms with E-state index >= 15 is 0 Å². The molecule has 0 spiro atoms. The minimum absolute atomic E-state index is 0.893. The minimum atomic E-state index is 0.893. The van der Waals surface area contributed by atoms with Crippen LogP contribution in [0.5, 0.6) is 0 Å². The molecule has 1 aliphatic heterocycles. The summed E-state index contributed by atoms with van der Waals surface area (Å²) < 4.78 is 0. The largest absolute Gasteiger partial charge is 0.315 e. The van der Waals surface area contributed by atoms with E-state index in [9.17, 15) is 0 Å². The van der Waals surface area contributed by atoms with Gasteiger partial charge in [-0.15, -0.1) is 0 Å². The van der Waals surface area contributed by atoms with E-state index in [1.807, 2.05) is 0 Å². The maximum absolute atomic E-state index is 3.47. The molecule has 14 heavy (non-hydrogen) atoms. The lowest BCUT2D eigenvalue weighted by molar-refractivity contribution is 0.142. The van der Waals surface area contributed by atoms with E-state index in [1.165, 1.54) is 39.0 Å². The third kappa shape index (κ3) is 4.43. The Morgan fingerprint density at radius 3 is 2.36 bits per heavy atom. The molecule has 2 atom stereocenters. The first-order chi connectivity index (χ1) is 6.72. The van der Waals surface area contributed by atoms with Crippen LogP contribution in [-0.4, -0.2) is 37.6 Å². The van der Waals surface area contributed by atoms with Gasteiger partial charge in [0.2, 0.25) is 0 Å². The maximum Gasteiger partial charge on any atom is 0.0107 e. The highest BCUT2D eigenvalue weighted by atomic mass is 15.1. The molecule has 84 valence electrons. The van der Waals surface area contributed by atoms with Gasteiger partial charge < -0.3 is 10.2 Å². The van der Waals surface area contributed by atoms with Crippen molar-refractivity contribution in [1.82, 2.24) is 10.2 Å². The fourth-order valence-electron chi connectivity index (χ4n) is 2.51. The molecule has 0 aromatic carbocycles. The summed E-state index contributed by atoms with van der Waals surface area (Å²) >= 11 is 0. The fourth-order valence-corrected chi connectivity index (χ4v) is 2.51. The second-order valence-corrected chi connectivity index (χ2v) is 4.96. The van der Waals surface area contributed by atoms with Crippen molar-refractivity contribution >= 4 is 0 Å². The quantitative estimate of drug-likeness (QED) is 0.679. The molecule has 0 radical (unpaired) electrons. The first kappa shape index (κ1) is 12.0. The number of nitrogens with one attached hydrogen (secondary N) is 1. The van der Waals surface area contributed by atoms with Crippen LogP contribution >= 0.6 is 0 Å². The van der Waals surface area contributed by atoms with Crippen LogP contribution in [0.2, 0.25) is 0 Å². The van der Waals surface area contributed by atoms with Crippen molar-refractivity contribution in [3.8, 4) is 0 Å². The van der Waals surface area contributed by atoms with Crippen molar-refractivity contribution in [2.24, 2.45) is 11.8 Å². The molecule has 2 nitrogen and oxygen atoms in total. The van der Waals surface area contributed by atoms with Crippen LogP contribution in [0.3, 0.4) is 0 Å². The molecule has 1 N–H and O–H groups in total. The third-order valence-electron chi connectivity index (χ3n) is 2.98. The molecule has 0 saturated carbocycles. The molecular weight excluding hydrogens is 172 g/mol. The van der Waals surface area contributed by atoms with Gasteiger partial charge in [0.1, 0.15) is 0 Å². The molecule has 1 fully saturated rings. The normalized spacial score (nSPS) is 29.4. The Balaban J connectivity index is 2.10. The van der Waals surface area contributed by atoms with Gasteiger partial charge in [0.15, 0.2) is 0 Å². The van der Waals surface area contributed by atoms with Crippen LogP contribution in [0, 0.1) is 11.8 Å². The molecule has 0 amide bonds. The summed E-state index contributed by atoms with van der Waals surface area (Å²) in [6, 6.07) is 0. The Bertz CT molecular complexity index is 137. The Morgan fingerprint density at radius 2 is 1.79 bits per heavy atom. The van der Waals surface area contributed by atoms with Crippen LogP contribution < -0.4 is 5.32 Å². The molecule has 0 aliphatic carbocycles. The van der Waals surface area contributed by atoms with E-state index < -0.39 is 0 Å². The lowest BCUT2D eigenvalue weighted by atomic mass is 9.92. The summed E-state index contributed by atoms with van der Waals surface area (Å²) in [6.07, 6.45) is 2.66. The maximum atomic E-state index is 3.47. The summed E-state index contributed by atoms with van der Waals surface area (Å²) in [4.78, 5) is 2.61. The standard InChI is InChI=1S/C12H26N2/c1-4-5-13-6-7-14-9-11(2)8-12(3)10-14/h11-13H,4-10H2,1-3H3. The van der Waals surface area contributed by atoms with Gasteiger partial charge in [-0.2, -0.15) is 0 Å². The monoisotopic (exact) mass is 198 g/mol. The Morgan fingerprint density at radius 1 is 1.14 bits per heavy atom. The van der Waals surface area contributed by atoms with Crippen LogP contribution in [0.25, 0.3) is 0 Å². The number of likely N-dealkylation sites (tertiary alicyclic amines) is 1. The summed E-state index contributed by atoms with van der Waals surface area (Å²) in [5.74, 6) is 1.79. The lowest BCUT2D eigenvalue weighted by Gasteiger charge is -2.34. The van der Waals surface area contributed by atoms with Gasteiger partial charge in [-0.05, 0) is 31.2 Å². The molecule has 0 aromatic heterocycles. The van der Waals surface area contributed by atoms with Crippen LogP contribution in [0.4, 0.5) is 0 Å². The van der Waals surface area contributed by atoms with Crippen molar-refractivity contribution in [1.29, 1.82) is 0 Å². The summed E-state index contributed by atoms with van der Waals surface area (Å²) in [7, 11) is 0. The molecule has 1 rings (SSSR count). The van der Waals surface area contributed by atoms with Crippen molar-refractivity contribution in [3.63, 3.8) is 0 Å². The van der Waals surface area contributed by atoms with Crippen molar-refractivity contribution in [3.05, 3.63) is 0 Å². The second-order valence-electron chi connectivity index (χ2n) is 4.96. The number of hydrogen-bond donors (Lipinski definition) is 1. The first-order valence-corrected chi connectivity index (χ1v) is 6.15. The number of nitrogens with zero attached hydrogens (tertiary/aromatic N) is 1. The zero-order chi connectivity index (χ0) is 10.4. The van der Waals surface area contributed by atoms with Gasteiger partial charge in [-0.1, -0.05) is 20.8 Å². The van der Waals surface area contributed by atoms with Gasteiger partial charge in [-0.25, -0.2) is 0 Å². The first-order valence-electron chi connectivity index (χ1n) is 6.15. The molecule has 0 bridgehead atoms. The number of rotatable bonds is 5. The Kier molecular flexibility index (Phi) is 5.49. The van der Waals surface area contributed by atoms with Crippen molar-refractivity contribution in [2.75, 3.05) is 32.7 Å². The highest BCUT2D eigenvalue weighted by Crippen LogP contribution is 2.20. The zero-order valence-electron chi connectivity index (χ0n) is 10.1. The van der Waals surface area contributed by atoms with Crippen molar-refractivity contribution < 1.29 is 0 Å². The molecule has 1 saturated heterocycles. The summed E-state index contributed by atoms with van der Waals surface area (Å²) in [6.45, 7) is 13.1. The fraction of sp³-hybridized carbons (Fsp3) is 1.00. The SMILES string of the molecule is CCCNCCN1CC(C)CC(C)C1. The van der Waals surface area contributed by atoms with Gasteiger partial charge in [0.25, 0.3) is 0 Å². The second kappa shape index (κ2) is 6.41. The average molecular weight is 198 g/mol. The van der Waals surface area contributed by atoms with Crippen LogP contribution in [0.1, 0.15) is 33.6 Å². The molecule has 0 aromatic rings. The van der Waals surface area contributed by atoms with Crippen molar-refractivity contribution in [2.45, 2.75) is 33.6 Å². The zero-order valence-corrected chi connectivity index (χ0v) is 10.1. The van der Waals surface area contributed by atoms with Gasteiger partial charge in [0.05, 0.1) is 0 Å². The predicted molar refractivity (Wildman–Crippen MR) is 62.5 cm³/mol. The molecule has 2 heteroatoms. The predicted octanol–water partition coefficient (Wildman–Crippen LogP) is 1.96. The molecule has 2 unspecified atom stereocenters. The number of hydrogen-bond acceptors (Lipinski definition) is 2. The summed E-state index contributed by atoms with van der Waals surface area (Å²) in [5.41, 5.74) is 0. The van der Waals surface area contributed by atoms with Gasteiger partial charge in [0, 0.05) is 26.2 Å². The van der Waals surface area contributed by atoms with Gasteiger partial charge in [-0.3, -0.25) is 0 Å². The minimum Gasteiger partial charge on any atom is -0.315 e. The van der Waals surface area contributed by atoms with E-state index in [4.69, 9.17) is 0 Å². The van der Waals surface area contributed by atoms with Crippen LogP contribution in [0.15, 0.2) is 0 Å². The smallest absolute Gasteiger partial charge is 0.0107 e. The highest BCUT2D eigenvalue weighted by molar-refractivity contribution is 4.74. The molecule has 1 heterocycles. The van der Waals surface area contributed by atoms with Crippen LogP contribution in [-0.2, 0) is 0 Å². The van der Waals surface area contributed by atoms with E-state index in [0.717, 1.165) is 18.4 Å². The molecule has 1 aliphatic rings. The molecular formula is C12H26N2. The highest BCUT2D eigenvalue weighted by Gasteiger charge is 2.20. The summed E-state index contributed by atoms with van der Waals surface area (Å²) in [5, 5.41) is 3.47. The Labute approximate surface area is 89.1 Å². The van der Waals surface area contributed by atoms with E-state index in [-0.39, 0.29) is 0 Å².